The van der Waals surface area contributed by atoms with Crippen LogP contribution in [-0.4, -0.2) is 25.7 Å². The van der Waals surface area contributed by atoms with Gasteiger partial charge in [0.15, 0.2) is 5.82 Å². The first-order valence-electron chi connectivity index (χ1n) is 7.52. The highest BCUT2D eigenvalue weighted by atomic mass is 32.1. The summed E-state index contributed by atoms with van der Waals surface area (Å²) in [6.45, 7) is 8.40. The van der Waals surface area contributed by atoms with Crippen LogP contribution in [0.1, 0.15) is 33.8 Å². The molecule has 0 bridgehead atoms. The van der Waals surface area contributed by atoms with E-state index in [1.54, 1.807) is 11.3 Å². The van der Waals surface area contributed by atoms with Gasteiger partial charge in [-0.25, -0.2) is 9.50 Å². The van der Waals surface area contributed by atoms with Gasteiger partial charge in [-0.15, -0.1) is 5.10 Å². The molecule has 1 N–H and O–H groups in total. The van der Waals surface area contributed by atoms with Crippen LogP contribution in [0, 0.1) is 27.7 Å². The van der Waals surface area contributed by atoms with E-state index in [0.717, 1.165) is 21.1 Å². The van der Waals surface area contributed by atoms with E-state index in [9.17, 15) is 4.79 Å². The number of aryl methyl sites for hydroxylation is 5. The number of carbonyl (C=O) groups is 1. The van der Waals surface area contributed by atoms with Crippen LogP contribution in [0.25, 0.3) is 16.2 Å². The average Bonchev–Trinajstić information content (AvgIpc) is 2.97. The Morgan fingerprint density at radius 3 is 2.57 bits per heavy atom. The topological polar surface area (TPSA) is 67.5 Å². The number of carboxylic acids is 1. The van der Waals surface area contributed by atoms with Crippen LogP contribution in [0.5, 0.6) is 0 Å². The van der Waals surface area contributed by atoms with Gasteiger partial charge in [-0.2, -0.15) is 0 Å². The van der Waals surface area contributed by atoms with E-state index in [0.29, 0.717) is 12.2 Å². The molecule has 0 fully saturated rings. The van der Waals surface area contributed by atoms with Crippen molar-refractivity contribution in [3.05, 3.63) is 39.5 Å². The van der Waals surface area contributed by atoms with Crippen LogP contribution in [0.2, 0.25) is 0 Å². The van der Waals surface area contributed by atoms with Crippen molar-refractivity contribution in [3.63, 3.8) is 0 Å². The number of fused-ring (bicyclic) bond motifs is 1. The number of nitrogens with zero attached hydrogens (tertiary/aromatic N) is 3. The summed E-state index contributed by atoms with van der Waals surface area (Å²) in [6, 6.07) is 4.38. The molecule has 3 aromatic rings. The number of aromatic nitrogens is 3. The summed E-state index contributed by atoms with van der Waals surface area (Å²) in [5, 5.41) is 13.3. The molecule has 0 unspecified atom stereocenters. The van der Waals surface area contributed by atoms with Gasteiger partial charge in [0.05, 0.1) is 12.1 Å². The summed E-state index contributed by atoms with van der Waals surface area (Å²) in [5.41, 5.74) is 5.94. The predicted octanol–water partition coefficient (Wildman–Crippen LogP) is 3.71. The molecule has 0 aliphatic rings. The Labute approximate surface area is 138 Å². The van der Waals surface area contributed by atoms with Gasteiger partial charge in [0.1, 0.15) is 0 Å². The van der Waals surface area contributed by atoms with Gasteiger partial charge in [-0.1, -0.05) is 17.4 Å². The third-order valence-corrected chi connectivity index (χ3v) is 5.02. The molecule has 3 rings (SSSR count). The minimum absolute atomic E-state index is 0.0504. The second-order valence-corrected chi connectivity index (χ2v) is 7.06. The van der Waals surface area contributed by atoms with Crippen LogP contribution in [-0.2, 0) is 11.2 Å². The first-order valence-corrected chi connectivity index (χ1v) is 8.33. The molecule has 2 heterocycles. The quantitative estimate of drug-likeness (QED) is 0.792. The van der Waals surface area contributed by atoms with Gasteiger partial charge in [-0.05, 0) is 50.5 Å². The van der Waals surface area contributed by atoms with Gasteiger partial charge < -0.3 is 5.11 Å². The number of carboxylic acid groups (broad SMARTS) is 1. The lowest BCUT2D eigenvalue weighted by molar-refractivity contribution is -0.137. The minimum atomic E-state index is -0.829. The molecule has 0 aliphatic carbocycles. The summed E-state index contributed by atoms with van der Waals surface area (Å²) in [6.07, 6.45) is 0.406. The van der Waals surface area contributed by atoms with Gasteiger partial charge in [0, 0.05) is 16.9 Å². The molecular weight excluding hydrogens is 310 g/mol. The normalized spacial score (nSPS) is 11.3. The molecular formula is C17H19N3O2S. The molecule has 120 valence electrons. The third kappa shape index (κ3) is 2.86. The Hall–Kier alpha value is -2.21. The van der Waals surface area contributed by atoms with Crippen LogP contribution < -0.4 is 0 Å². The minimum Gasteiger partial charge on any atom is -0.481 e. The standard InChI is InChI=1S/C17H19N3O2S/c1-9-7-11(3)13(8-10(9)2)16-12(4)23-17-18-14(19-20(16)17)5-6-15(21)22/h7-8H,5-6H2,1-4H3,(H,21,22). The maximum atomic E-state index is 10.7. The van der Waals surface area contributed by atoms with Crippen LogP contribution in [0.15, 0.2) is 12.1 Å². The van der Waals surface area contributed by atoms with E-state index in [1.807, 2.05) is 4.52 Å². The van der Waals surface area contributed by atoms with E-state index < -0.39 is 5.97 Å². The van der Waals surface area contributed by atoms with E-state index >= 15 is 0 Å². The van der Waals surface area contributed by atoms with Crippen molar-refractivity contribution in [2.24, 2.45) is 0 Å². The van der Waals surface area contributed by atoms with E-state index in [2.05, 4.69) is 49.9 Å². The Morgan fingerprint density at radius 2 is 1.87 bits per heavy atom. The van der Waals surface area contributed by atoms with Crippen molar-refractivity contribution < 1.29 is 9.90 Å². The number of rotatable bonds is 4. The van der Waals surface area contributed by atoms with Crippen LogP contribution >= 0.6 is 11.3 Å². The van der Waals surface area contributed by atoms with Gasteiger partial charge in [-0.3, -0.25) is 4.79 Å². The van der Waals surface area contributed by atoms with Gasteiger partial charge in [0.2, 0.25) is 4.96 Å². The molecule has 23 heavy (non-hydrogen) atoms. The second kappa shape index (κ2) is 5.77. The van der Waals surface area contributed by atoms with Crippen molar-refractivity contribution in [3.8, 4) is 11.3 Å². The fraction of sp³-hybridized carbons (Fsp3) is 0.353. The average molecular weight is 329 g/mol. The summed E-state index contributed by atoms with van der Waals surface area (Å²) in [5.74, 6) is -0.244. The van der Waals surface area contributed by atoms with Gasteiger partial charge in [0.25, 0.3) is 0 Å². The second-order valence-electron chi connectivity index (χ2n) is 5.87. The highest BCUT2D eigenvalue weighted by molar-refractivity contribution is 7.17. The number of aliphatic carboxylic acids is 1. The molecule has 0 amide bonds. The summed E-state index contributed by atoms with van der Waals surface area (Å²) in [7, 11) is 0. The smallest absolute Gasteiger partial charge is 0.303 e. The number of thiazole rings is 1. The molecule has 0 spiro atoms. The zero-order valence-electron chi connectivity index (χ0n) is 13.7. The first kappa shape index (κ1) is 15.7. The maximum Gasteiger partial charge on any atom is 0.303 e. The highest BCUT2D eigenvalue weighted by Gasteiger charge is 2.18. The zero-order chi connectivity index (χ0) is 16.7. The Bertz CT molecular complexity index is 908. The van der Waals surface area contributed by atoms with Crippen molar-refractivity contribution >= 4 is 22.3 Å². The summed E-state index contributed by atoms with van der Waals surface area (Å²) < 4.78 is 1.86. The molecule has 0 radical (unpaired) electrons. The Balaban J connectivity index is 2.11. The Morgan fingerprint density at radius 1 is 1.17 bits per heavy atom. The molecule has 0 saturated heterocycles. The zero-order valence-corrected chi connectivity index (χ0v) is 14.5. The van der Waals surface area contributed by atoms with Gasteiger partial charge >= 0.3 is 5.97 Å². The largest absolute Gasteiger partial charge is 0.481 e. The summed E-state index contributed by atoms with van der Waals surface area (Å²) >= 11 is 1.59. The number of hydrogen-bond donors (Lipinski definition) is 1. The van der Waals surface area contributed by atoms with E-state index in [-0.39, 0.29) is 6.42 Å². The summed E-state index contributed by atoms with van der Waals surface area (Å²) in [4.78, 5) is 17.2. The fourth-order valence-corrected chi connectivity index (χ4v) is 3.67. The first-order chi connectivity index (χ1) is 10.9. The molecule has 5 nitrogen and oxygen atoms in total. The molecule has 2 aromatic heterocycles. The van der Waals surface area contributed by atoms with Crippen molar-refractivity contribution in [1.82, 2.24) is 14.6 Å². The Kier molecular flexibility index (Phi) is 3.93. The van der Waals surface area contributed by atoms with E-state index in [4.69, 9.17) is 5.11 Å². The predicted molar refractivity (Wildman–Crippen MR) is 91.2 cm³/mol. The lowest BCUT2D eigenvalue weighted by atomic mass is 9.98. The SMILES string of the molecule is Cc1cc(C)c(-c2c(C)sc3nc(CCC(=O)O)nn23)cc1C. The number of benzene rings is 1. The van der Waals surface area contributed by atoms with E-state index in [1.165, 1.54) is 16.7 Å². The molecule has 0 saturated carbocycles. The molecule has 1 aromatic carbocycles. The number of hydrogen-bond acceptors (Lipinski definition) is 4. The fourth-order valence-electron chi connectivity index (χ4n) is 2.73. The third-order valence-electron chi connectivity index (χ3n) is 4.07. The maximum absolute atomic E-state index is 10.7. The van der Waals surface area contributed by atoms with Crippen LogP contribution in [0.3, 0.4) is 0 Å². The molecule has 0 aliphatic heterocycles. The molecule has 0 atom stereocenters. The highest BCUT2D eigenvalue weighted by Crippen LogP contribution is 2.33. The van der Waals surface area contributed by atoms with Crippen LogP contribution in [0.4, 0.5) is 0 Å². The lowest BCUT2D eigenvalue weighted by Gasteiger charge is -2.10. The van der Waals surface area contributed by atoms with Crippen molar-refractivity contribution in [2.75, 3.05) is 0 Å². The molecule has 6 heteroatoms. The van der Waals surface area contributed by atoms with Crippen molar-refractivity contribution in [1.29, 1.82) is 0 Å². The monoisotopic (exact) mass is 329 g/mol. The van der Waals surface area contributed by atoms with Crippen molar-refractivity contribution in [2.45, 2.75) is 40.5 Å². The lowest BCUT2D eigenvalue weighted by Crippen LogP contribution is -2.00.